The molecule has 1 aromatic carbocycles. The number of amides is 1. The minimum Gasteiger partial charge on any atom is -0.335 e. The minimum absolute atomic E-state index is 0.0945. The molecule has 0 atom stereocenters. The number of aromatic nitrogens is 2. The molecule has 1 saturated heterocycles. The second kappa shape index (κ2) is 6.78. The average molecular weight is 354 g/mol. The van der Waals surface area contributed by atoms with E-state index in [9.17, 15) is 9.59 Å². The Morgan fingerprint density at radius 3 is 2.68 bits per heavy atom. The van der Waals surface area contributed by atoms with E-state index in [0.29, 0.717) is 11.8 Å². The van der Waals surface area contributed by atoms with Crippen LogP contribution in [-0.2, 0) is 6.42 Å². The van der Waals surface area contributed by atoms with Crippen molar-refractivity contribution in [3.05, 3.63) is 62.2 Å². The zero-order valence-corrected chi connectivity index (χ0v) is 14.4. The molecule has 4 rings (SSSR count). The van der Waals surface area contributed by atoms with E-state index in [-0.39, 0.29) is 11.5 Å². The Balaban J connectivity index is 1.58. The normalized spacial score (nSPS) is 14.8. The second-order valence-electron chi connectivity index (χ2n) is 6.03. The zero-order valence-electron chi connectivity index (χ0n) is 13.6. The fourth-order valence-corrected chi connectivity index (χ4v) is 4.06. The fourth-order valence-electron chi connectivity index (χ4n) is 3.08. The molecule has 3 aromatic rings. The van der Waals surface area contributed by atoms with Gasteiger partial charge in [-0.15, -0.1) is 11.3 Å². The highest BCUT2D eigenvalue weighted by Crippen LogP contribution is 2.23. The largest absolute Gasteiger partial charge is 0.335 e. The Bertz CT molecular complexity index is 972. The van der Waals surface area contributed by atoms with Crippen LogP contribution in [0.3, 0.4) is 0 Å². The van der Waals surface area contributed by atoms with Crippen LogP contribution < -0.4 is 10.9 Å². The van der Waals surface area contributed by atoms with Crippen LogP contribution in [-0.4, -0.2) is 47.2 Å². The molecule has 0 bridgehead atoms. The summed E-state index contributed by atoms with van der Waals surface area (Å²) in [4.78, 5) is 28.2. The Kier molecular flexibility index (Phi) is 4.33. The first-order chi connectivity index (χ1) is 12.2. The quantitative estimate of drug-likeness (QED) is 0.749. The maximum absolute atomic E-state index is 12.6. The Labute approximate surface area is 148 Å². The molecule has 1 amide bonds. The van der Waals surface area contributed by atoms with Gasteiger partial charge in [0.15, 0.2) is 0 Å². The second-order valence-corrected chi connectivity index (χ2v) is 7.20. The molecular formula is C18H18N4O2S. The highest BCUT2D eigenvalue weighted by molar-refractivity contribution is 7.14. The number of benzene rings is 1. The smallest absolute Gasteiger partial charge is 0.272 e. The molecule has 1 fully saturated rings. The third-order valence-corrected chi connectivity index (χ3v) is 5.47. The Morgan fingerprint density at radius 2 is 1.88 bits per heavy atom. The highest BCUT2D eigenvalue weighted by atomic mass is 32.1. The molecular weight excluding hydrogens is 336 g/mol. The molecule has 0 aliphatic carbocycles. The van der Waals surface area contributed by atoms with E-state index in [2.05, 4.69) is 15.5 Å². The summed E-state index contributed by atoms with van der Waals surface area (Å²) in [6, 6.07) is 11.3. The van der Waals surface area contributed by atoms with E-state index in [1.807, 2.05) is 35.2 Å². The van der Waals surface area contributed by atoms with E-state index < -0.39 is 0 Å². The van der Waals surface area contributed by atoms with Gasteiger partial charge >= 0.3 is 0 Å². The van der Waals surface area contributed by atoms with Crippen molar-refractivity contribution in [1.82, 2.24) is 20.4 Å². The van der Waals surface area contributed by atoms with Crippen LogP contribution in [0.2, 0.25) is 0 Å². The number of hydrogen-bond donors (Lipinski definition) is 2. The first kappa shape index (κ1) is 16.0. The molecule has 6 nitrogen and oxygen atoms in total. The third kappa shape index (κ3) is 3.20. The van der Waals surface area contributed by atoms with Gasteiger partial charge in [-0.2, -0.15) is 5.10 Å². The third-order valence-electron chi connectivity index (χ3n) is 4.39. The van der Waals surface area contributed by atoms with Crippen LogP contribution in [0.15, 0.2) is 41.2 Å². The van der Waals surface area contributed by atoms with Crippen molar-refractivity contribution in [2.24, 2.45) is 0 Å². The zero-order chi connectivity index (χ0) is 17.2. The number of aromatic amines is 1. The molecule has 1 aliphatic rings. The van der Waals surface area contributed by atoms with E-state index in [1.54, 1.807) is 6.07 Å². The lowest BCUT2D eigenvalue weighted by molar-refractivity contribution is 0.0740. The summed E-state index contributed by atoms with van der Waals surface area (Å²) in [7, 11) is 0. The van der Waals surface area contributed by atoms with E-state index in [4.69, 9.17) is 0 Å². The molecule has 3 heterocycles. The summed E-state index contributed by atoms with van der Waals surface area (Å²) in [5, 5.41) is 11.5. The van der Waals surface area contributed by atoms with Gasteiger partial charge < -0.3 is 10.2 Å². The van der Waals surface area contributed by atoms with Crippen LogP contribution in [0.25, 0.3) is 10.8 Å². The molecule has 25 heavy (non-hydrogen) atoms. The number of piperazine rings is 1. The lowest BCUT2D eigenvalue weighted by atomic mass is 10.1. The molecule has 1 aliphatic heterocycles. The summed E-state index contributed by atoms with van der Waals surface area (Å²) in [6.07, 6.45) is 0.594. The Hall–Kier alpha value is -2.51. The van der Waals surface area contributed by atoms with Gasteiger partial charge in [-0.1, -0.05) is 18.2 Å². The minimum atomic E-state index is -0.180. The van der Waals surface area contributed by atoms with Crippen molar-refractivity contribution in [1.29, 1.82) is 0 Å². The topological polar surface area (TPSA) is 78.1 Å². The molecule has 0 radical (unpaired) electrons. The number of nitrogens with zero attached hydrogens (tertiary/aromatic N) is 2. The van der Waals surface area contributed by atoms with Crippen molar-refractivity contribution >= 4 is 28.0 Å². The summed E-state index contributed by atoms with van der Waals surface area (Å²) in [6.45, 7) is 3.19. The number of thiophene rings is 1. The van der Waals surface area contributed by atoms with Gasteiger partial charge in [0.25, 0.3) is 11.5 Å². The van der Waals surface area contributed by atoms with Crippen LogP contribution >= 0.6 is 11.3 Å². The van der Waals surface area contributed by atoms with E-state index in [0.717, 1.165) is 47.0 Å². The van der Waals surface area contributed by atoms with Gasteiger partial charge in [-0.25, -0.2) is 5.10 Å². The molecule has 7 heteroatoms. The summed E-state index contributed by atoms with van der Waals surface area (Å²) >= 11 is 1.50. The highest BCUT2D eigenvalue weighted by Gasteiger charge is 2.19. The van der Waals surface area contributed by atoms with Crippen molar-refractivity contribution < 1.29 is 4.79 Å². The number of carbonyl (C=O) groups excluding carboxylic acids is 1. The van der Waals surface area contributed by atoms with Gasteiger partial charge in [0.1, 0.15) is 0 Å². The summed E-state index contributed by atoms with van der Waals surface area (Å²) < 4.78 is 0. The van der Waals surface area contributed by atoms with E-state index >= 15 is 0 Å². The average Bonchev–Trinajstić information content (AvgIpc) is 3.13. The molecule has 0 spiro atoms. The molecule has 2 aromatic heterocycles. The maximum Gasteiger partial charge on any atom is 0.272 e. The SMILES string of the molecule is O=C(c1ccc(Cc2n[nH]c(=O)c3ccccc23)s1)N1CCNCC1. The van der Waals surface area contributed by atoms with Crippen LogP contribution in [0.1, 0.15) is 20.2 Å². The summed E-state index contributed by atoms with van der Waals surface area (Å²) in [5.74, 6) is 0.0945. The number of nitrogens with one attached hydrogen (secondary N) is 2. The van der Waals surface area contributed by atoms with Gasteiger partial charge in [0, 0.05) is 42.9 Å². The monoisotopic (exact) mass is 354 g/mol. The standard InChI is InChI=1S/C18H18N4O2S/c23-17-14-4-2-1-3-13(14)15(20-21-17)11-12-5-6-16(25-12)18(24)22-9-7-19-8-10-22/h1-6,19H,7-11H2,(H,21,23). The Morgan fingerprint density at radius 1 is 1.12 bits per heavy atom. The van der Waals surface area contributed by atoms with Crippen molar-refractivity contribution in [2.45, 2.75) is 6.42 Å². The fraction of sp³-hybridized carbons (Fsp3) is 0.278. The van der Waals surface area contributed by atoms with Crippen LogP contribution in [0.4, 0.5) is 0 Å². The van der Waals surface area contributed by atoms with Crippen molar-refractivity contribution in [3.8, 4) is 0 Å². The van der Waals surface area contributed by atoms with E-state index in [1.165, 1.54) is 11.3 Å². The first-order valence-corrected chi connectivity index (χ1v) is 9.09. The van der Waals surface area contributed by atoms with Crippen LogP contribution in [0.5, 0.6) is 0 Å². The predicted molar refractivity (Wildman–Crippen MR) is 98.3 cm³/mol. The van der Waals surface area contributed by atoms with Crippen molar-refractivity contribution in [3.63, 3.8) is 0 Å². The number of rotatable bonds is 3. The first-order valence-electron chi connectivity index (χ1n) is 8.27. The maximum atomic E-state index is 12.6. The van der Waals surface area contributed by atoms with Gasteiger partial charge in [-0.3, -0.25) is 9.59 Å². The molecule has 2 N–H and O–H groups in total. The molecule has 128 valence electrons. The number of hydrogen-bond acceptors (Lipinski definition) is 5. The van der Waals surface area contributed by atoms with Crippen LogP contribution in [0, 0.1) is 0 Å². The van der Waals surface area contributed by atoms with Gasteiger partial charge in [-0.05, 0) is 18.2 Å². The summed E-state index contributed by atoms with van der Waals surface area (Å²) in [5.41, 5.74) is 0.637. The lowest BCUT2D eigenvalue weighted by Crippen LogP contribution is -2.46. The lowest BCUT2D eigenvalue weighted by Gasteiger charge is -2.26. The molecule has 0 saturated carbocycles. The molecule has 0 unspecified atom stereocenters. The number of fused-ring (bicyclic) bond motifs is 1. The van der Waals surface area contributed by atoms with Gasteiger partial charge in [0.05, 0.1) is 16.0 Å². The predicted octanol–water partition coefficient (Wildman–Crippen LogP) is 1.62. The van der Waals surface area contributed by atoms with Crippen molar-refractivity contribution in [2.75, 3.05) is 26.2 Å². The number of H-pyrrole nitrogens is 1. The van der Waals surface area contributed by atoms with Gasteiger partial charge in [0.2, 0.25) is 0 Å². The number of carbonyl (C=O) groups is 1.